The number of aromatic nitrogens is 4. The number of dihydropyridines is 1. The Labute approximate surface area is 261 Å². The predicted molar refractivity (Wildman–Crippen MR) is 173 cm³/mol. The van der Waals surface area contributed by atoms with Crippen LogP contribution in [0.2, 0.25) is 5.02 Å². The summed E-state index contributed by atoms with van der Waals surface area (Å²) in [6.07, 6.45) is 0. The third-order valence-corrected chi connectivity index (χ3v) is 8.02. The van der Waals surface area contributed by atoms with Gasteiger partial charge < -0.3 is 5.32 Å². The van der Waals surface area contributed by atoms with Crippen LogP contribution >= 0.6 is 11.6 Å². The Morgan fingerprint density at radius 1 is 0.689 bits per heavy atom. The molecular weight excluding hydrogens is 594 g/mol. The number of benzene rings is 3. The molecule has 0 saturated heterocycles. The zero-order valence-corrected chi connectivity index (χ0v) is 25.6. The molecule has 6 rings (SSSR count). The van der Waals surface area contributed by atoms with Crippen LogP contribution in [0.5, 0.6) is 0 Å². The van der Waals surface area contributed by atoms with Crippen molar-refractivity contribution < 1.29 is 9.59 Å². The Hall–Kier alpha value is -5.55. The summed E-state index contributed by atoms with van der Waals surface area (Å²) in [6, 6.07) is 20.5. The van der Waals surface area contributed by atoms with Gasteiger partial charge in [0.15, 0.2) is 0 Å². The van der Waals surface area contributed by atoms with E-state index in [4.69, 9.17) is 11.6 Å². The second kappa shape index (κ2) is 11.5. The van der Waals surface area contributed by atoms with Crippen molar-refractivity contribution in [2.45, 2.75) is 33.6 Å². The van der Waals surface area contributed by atoms with E-state index in [1.165, 1.54) is 0 Å². The minimum absolute atomic E-state index is 0.188. The maximum atomic E-state index is 14.1. The summed E-state index contributed by atoms with van der Waals surface area (Å²) in [5, 5.41) is 4.30. The van der Waals surface area contributed by atoms with E-state index < -0.39 is 28.9 Å². The van der Waals surface area contributed by atoms with Crippen LogP contribution in [-0.4, -0.2) is 31.1 Å². The summed E-state index contributed by atoms with van der Waals surface area (Å²) < 4.78 is 2.19. The summed E-state index contributed by atoms with van der Waals surface area (Å²) in [7, 11) is 0. The van der Waals surface area contributed by atoms with Gasteiger partial charge in [-0.15, -0.1) is 0 Å². The molecule has 1 aliphatic heterocycles. The highest BCUT2D eigenvalue weighted by molar-refractivity contribution is 6.30. The lowest BCUT2D eigenvalue weighted by Gasteiger charge is -2.31. The van der Waals surface area contributed by atoms with Crippen LogP contribution in [0.1, 0.15) is 37.0 Å². The Morgan fingerprint density at radius 2 is 1.11 bits per heavy atom. The van der Waals surface area contributed by atoms with Crippen molar-refractivity contribution >= 4 is 45.2 Å². The number of para-hydroxylation sites is 2. The lowest BCUT2D eigenvalue weighted by Crippen LogP contribution is -2.42. The summed E-state index contributed by atoms with van der Waals surface area (Å²) in [5.74, 6) is -1.60. The predicted octanol–water partition coefficient (Wildman–Crippen LogP) is 4.15. The van der Waals surface area contributed by atoms with Gasteiger partial charge in [-0.25, -0.2) is 19.3 Å². The number of carbonyl (C=O) groups excluding carboxylic acids is 2. The molecule has 2 amide bonds. The normalized spacial score (nSPS) is 13.7. The fraction of sp³-hybridized carbons (Fsp3) is 0.152. The van der Waals surface area contributed by atoms with Crippen LogP contribution < -0.4 is 27.3 Å². The molecule has 2 aromatic heterocycles. The molecule has 0 bridgehead atoms. The smallest absolute Gasteiger partial charge is 0.280 e. The van der Waals surface area contributed by atoms with Gasteiger partial charge in [-0.1, -0.05) is 48.0 Å². The second-order valence-corrected chi connectivity index (χ2v) is 11.1. The molecule has 0 saturated carbocycles. The molecule has 11 nitrogen and oxygen atoms in total. The minimum atomic E-state index is -0.905. The Bertz CT molecular complexity index is 2100. The van der Waals surface area contributed by atoms with E-state index in [0.717, 1.165) is 9.35 Å². The van der Waals surface area contributed by atoms with Crippen molar-refractivity contribution in [2.24, 2.45) is 0 Å². The molecule has 226 valence electrons. The topological polar surface area (TPSA) is 140 Å². The van der Waals surface area contributed by atoms with E-state index in [2.05, 4.69) is 26.1 Å². The fourth-order valence-electron chi connectivity index (χ4n) is 5.66. The fourth-order valence-corrected chi connectivity index (χ4v) is 5.78. The summed E-state index contributed by atoms with van der Waals surface area (Å²) in [6.45, 7) is 6.66. The van der Waals surface area contributed by atoms with Gasteiger partial charge in [0.25, 0.3) is 22.9 Å². The zero-order valence-electron chi connectivity index (χ0n) is 24.8. The van der Waals surface area contributed by atoms with Gasteiger partial charge in [0.2, 0.25) is 0 Å². The van der Waals surface area contributed by atoms with Crippen LogP contribution in [0.3, 0.4) is 0 Å². The van der Waals surface area contributed by atoms with Crippen LogP contribution in [0.25, 0.3) is 21.8 Å². The van der Waals surface area contributed by atoms with Crippen molar-refractivity contribution in [2.75, 3.05) is 10.9 Å². The molecule has 0 unspecified atom stereocenters. The quantitative estimate of drug-likeness (QED) is 0.268. The van der Waals surface area contributed by atoms with Crippen LogP contribution in [0.4, 0.5) is 0 Å². The number of fused-ring (bicyclic) bond motifs is 2. The van der Waals surface area contributed by atoms with E-state index in [1.807, 2.05) is 0 Å². The van der Waals surface area contributed by atoms with E-state index >= 15 is 0 Å². The molecule has 5 aromatic rings. The zero-order chi connectivity index (χ0) is 32.0. The van der Waals surface area contributed by atoms with Crippen LogP contribution in [0.15, 0.2) is 105 Å². The van der Waals surface area contributed by atoms with E-state index in [0.29, 0.717) is 43.8 Å². The summed E-state index contributed by atoms with van der Waals surface area (Å²) in [5.41, 5.74) is 7.45. The standard InChI is InChI=1S/C33H28ClN7O4/c1-17-27(30(42)38-40-19(3)36-25-11-7-5-9-23(25)32(40)44)29(21-13-15-22(34)16-14-21)28(18(2)35-17)31(43)39-41-20(4)37-26-12-8-6-10-24(26)33(41)45/h5-16,29,35H,1-4H3,(H,38,42)(H,39,43). The van der Waals surface area contributed by atoms with Gasteiger partial charge in [0.1, 0.15) is 11.6 Å². The molecule has 0 fully saturated rings. The third kappa shape index (κ3) is 5.27. The summed E-state index contributed by atoms with van der Waals surface area (Å²) >= 11 is 6.20. The van der Waals surface area contributed by atoms with Crippen LogP contribution in [0, 0.1) is 13.8 Å². The van der Waals surface area contributed by atoms with E-state index in [1.54, 1.807) is 100 Å². The number of aryl methyl sites for hydroxylation is 2. The molecule has 3 heterocycles. The Morgan fingerprint density at radius 3 is 1.56 bits per heavy atom. The molecule has 12 heteroatoms. The number of hydrogen-bond acceptors (Lipinski definition) is 7. The SMILES string of the molecule is CC1=C(C(=O)Nn2c(C)nc3ccccc3c2=O)C(c2ccc(Cl)cc2)C(C(=O)Nn2c(C)nc3ccccc3c2=O)=C(C)N1. The highest BCUT2D eigenvalue weighted by atomic mass is 35.5. The van der Waals surface area contributed by atoms with Crippen molar-refractivity contribution in [3.63, 3.8) is 0 Å². The maximum Gasteiger partial charge on any atom is 0.280 e. The molecule has 0 atom stereocenters. The first-order valence-corrected chi connectivity index (χ1v) is 14.5. The number of allylic oxidation sites excluding steroid dienone is 2. The average molecular weight is 622 g/mol. The Kier molecular flexibility index (Phi) is 7.55. The highest BCUT2D eigenvalue weighted by Crippen LogP contribution is 2.39. The molecule has 3 N–H and O–H groups in total. The maximum absolute atomic E-state index is 14.1. The number of halogens is 1. The lowest BCUT2D eigenvalue weighted by molar-refractivity contribution is -0.114. The number of nitrogens with zero attached hydrogens (tertiary/aromatic N) is 4. The number of carbonyl (C=O) groups is 2. The molecule has 0 radical (unpaired) electrons. The van der Waals surface area contributed by atoms with Gasteiger partial charge in [0.05, 0.1) is 21.8 Å². The Balaban J connectivity index is 1.44. The molecular formula is C33H28ClN7O4. The van der Waals surface area contributed by atoms with Gasteiger partial charge >= 0.3 is 0 Å². The van der Waals surface area contributed by atoms with Gasteiger partial charge in [-0.3, -0.25) is 30.0 Å². The second-order valence-electron chi connectivity index (χ2n) is 10.7. The first-order valence-electron chi connectivity index (χ1n) is 14.1. The highest BCUT2D eigenvalue weighted by Gasteiger charge is 2.37. The number of hydrogen-bond donors (Lipinski definition) is 3. The van der Waals surface area contributed by atoms with Gasteiger partial charge in [-0.2, -0.15) is 0 Å². The average Bonchev–Trinajstić information content (AvgIpc) is 3.01. The number of rotatable bonds is 5. The number of nitrogens with one attached hydrogen (secondary N) is 3. The van der Waals surface area contributed by atoms with Crippen molar-refractivity contribution in [1.29, 1.82) is 0 Å². The first-order chi connectivity index (χ1) is 21.5. The molecule has 0 aliphatic carbocycles. The van der Waals surface area contributed by atoms with Gasteiger partial charge in [-0.05, 0) is 69.7 Å². The van der Waals surface area contributed by atoms with E-state index in [-0.39, 0.29) is 22.8 Å². The molecule has 0 spiro atoms. The summed E-state index contributed by atoms with van der Waals surface area (Å²) in [4.78, 5) is 63.9. The number of amides is 2. The lowest BCUT2D eigenvalue weighted by atomic mass is 9.80. The van der Waals surface area contributed by atoms with Crippen LogP contribution in [-0.2, 0) is 9.59 Å². The van der Waals surface area contributed by atoms with Crippen molar-refractivity contribution in [3.8, 4) is 0 Å². The molecule has 45 heavy (non-hydrogen) atoms. The monoisotopic (exact) mass is 621 g/mol. The van der Waals surface area contributed by atoms with E-state index in [9.17, 15) is 19.2 Å². The van der Waals surface area contributed by atoms with Gasteiger partial charge in [0, 0.05) is 33.5 Å². The first kappa shape index (κ1) is 29.5. The van der Waals surface area contributed by atoms with Crippen molar-refractivity contribution in [3.05, 3.63) is 138 Å². The third-order valence-electron chi connectivity index (χ3n) is 7.77. The largest absolute Gasteiger partial charge is 0.362 e. The van der Waals surface area contributed by atoms with Crippen molar-refractivity contribution in [1.82, 2.24) is 24.6 Å². The molecule has 1 aliphatic rings. The molecule has 3 aromatic carbocycles. The minimum Gasteiger partial charge on any atom is -0.362 e.